The molecule has 122 valence electrons. The number of carbonyl (C=O) groups excluding carboxylic acids is 1. The van der Waals surface area contributed by atoms with Gasteiger partial charge in [0.15, 0.2) is 0 Å². The molecule has 1 amide bonds. The lowest BCUT2D eigenvalue weighted by Gasteiger charge is -2.03. The van der Waals surface area contributed by atoms with E-state index >= 15 is 0 Å². The SMILES string of the molecule is COc1ccccc1-c1noc(CNC(=O)c2ccc(Br)cc2)n1. The summed E-state index contributed by atoms with van der Waals surface area (Å²) in [5.41, 5.74) is 1.29. The van der Waals surface area contributed by atoms with Crippen LogP contribution < -0.4 is 10.1 Å². The van der Waals surface area contributed by atoms with Crippen LogP contribution in [-0.4, -0.2) is 23.2 Å². The number of halogens is 1. The van der Waals surface area contributed by atoms with Gasteiger partial charge in [0.1, 0.15) is 5.75 Å². The molecule has 0 aliphatic carbocycles. The minimum atomic E-state index is -0.209. The number of hydrogen-bond donors (Lipinski definition) is 1. The Hall–Kier alpha value is -2.67. The molecule has 1 N–H and O–H groups in total. The van der Waals surface area contributed by atoms with Crippen LogP contribution in [0.15, 0.2) is 57.5 Å². The van der Waals surface area contributed by atoms with Gasteiger partial charge in [-0.3, -0.25) is 4.79 Å². The highest BCUT2D eigenvalue weighted by atomic mass is 79.9. The average molecular weight is 388 g/mol. The van der Waals surface area contributed by atoms with Gasteiger partial charge in [0.25, 0.3) is 5.91 Å². The first-order chi connectivity index (χ1) is 11.7. The summed E-state index contributed by atoms with van der Waals surface area (Å²) in [6, 6.07) is 14.5. The van der Waals surface area contributed by atoms with E-state index in [0.717, 1.165) is 10.0 Å². The number of methoxy groups -OCH3 is 1. The van der Waals surface area contributed by atoms with Crippen molar-refractivity contribution in [3.8, 4) is 17.1 Å². The molecular weight excluding hydrogens is 374 g/mol. The van der Waals surface area contributed by atoms with Crippen molar-refractivity contribution >= 4 is 21.8 Å². The zero-order valence-electron chi connectivity index (χ0n) is 12.8. The Balaban J connectivity index is 1.68. The lowest BCUT2D eigenvalue weighted by molar-refractivity contribution is 0.0946. The minimum Gasteiger partial charge on any atom is -0.496 e. The summed E-state index contributed by atoms with van der Waals surface area (Å²) in [5, 5.41) is 6.68. The van der Waals surface area contributed by atoms with Crippen LogP contribution in [0.1, 0.15) is 16.2 Å². The monoisotopic (exact) mass is 387 g/mol. The molecule has 0 saturated heterocycles. The highest BCUT2D eigenvalue weighted by Gasteiger charge is 2.13. The summed E-state index contributed by atoms with van der Waals surface area (Å²) in [4.78, 5) is 16.4. The average Bonchev–Trinajstić information content (AvgIpc) is 3.09. The fraction of sp³-hybridized carbons (Fsp3) is 0.118. The van der Waals surface area contributed by atoms with Crippen molar-refractivity contribution in [1.29, 1.82) is 0 Å². The van der Waals surface area contributed by atoms with Gasteiger partial charge in [-0.05, 0) is 36.4 Å². The van der Waals surface area contributed by atoms with Crippen LogP contribution in [-0.2, 0) is 6.54 Å². The lowest BCUT2D eigenvalue weighted by Crippen LogP contribution is -2.22. The van der Waals surface area contributed by atoms with E-state index in [2.05, 4.69) is 31.4 Å². The maximum absolute atomic E-state index is 12.1. The fourth-order valence-corrected chi connectivity index (χ4v) is 2.39. The van der Waals surface area contributed by atoms with Crippen LogP contribution in [0.25, 0.3) is 11.4 Å². The van der Waals surface area contributed by atoms with E-state index in [1.807, 2.05) is 24.3 Å². The zero-order valence-corrected chi connectivity index (χ0v) is 14.4. The molecule has 24 heavy (non-hydrogen) atoms. The first-order valence-electron chi connectivity index (χ1n) is 7.17. The summed E-state index contributed by atoms with van der Waals surface area (Å²) >= 11 is 3.33. The van der Waals surface area contributed by atoms with E-state index in [1.165, 1.54) is 0 Å². The molecule has 1 heterocycles. The molecule has 0 radical (unpaired) electrons. The van der Waals surface area contributed by atoms with Crippen LogP contribution in [0.5, 0.6) is 5.75 Å². The maximum atomic E-state index is 12.1. The van der Waals surface area contributed by atoms with E-state index in [-0.39, 0.29) is 12.5 Å². The Morgan fingerprint density at radius 2 is 1.96 bits per heavy atom. The van der Waals surface area contributed by atoms with Crippen LogP contribution in [0, 0.1) is 0 Å². The van der Waals surface area contributed by atoms with E-state index in [0.29, 0.717) is 23.0 Å². The molecule has 0 saturated carbocycles. The topological polar surface area (TPSA) is 77.3 Å². The van der Waals surface area contributed by atoms with Gasteiger partial charge >= 0.3 is 0 Å². The first-order valence-corrected chi connectivity index (χ1v) is 7.96. The number of ether oxygens (including phenoxy) is 1. The van der Waals surface area contributed by atoms with Gasteiger partial charge < -0.3 is 14.6 Å². The number of nitrogens with one attached hydrogen (secondary N) is 1. The molecule has 0 atom stereocenters. The molecule has 7 heteroatoms. The van der Waals surface area contributed by atoms with Crippen molar-refractivity contribution in [2.75, 3.05) is 7.11 Å². The lowest BCUT2D eigenvalue weighted by atomic mass is 10.2. The van der Waals surface area contributed by atoms with Gasteiger partial charge in [0.2, 0.25) is 11.7 Å². The number of benzene rings is 2. The predicted molar refractivity (Wildman–Crippen MR) is 91.6 cm³/mol. The van der Waals surface area contributed by atoms with Crippen molar-refractivity contribution < 1.29 is 14.1 Å². The maximum Gasteiger partial charge on any atom is 0.251 e. The number of aromatic nitrogens is 2. The number of rotatable bonds is 5. The standard InChI is InChI=1S/C17H14BrN3O3/c1-23-14-5-3-2-4-13(14)16-20-15(24-21-16)10-19-17(22)11-6-8-12(18)9-7-11/h2-9H,10H2,1H3,(H,19,22). The summed E-state index contributed by atoms with van der Waals surface area (Å²) in [6.45, 7) is 0.150. The van der Waals surface area contributed by atoms with Crippen molar-refractivity contribution in [3.63, 3.8) is 0 Å². The molecule has 0 aliphatic rings. The molecule has 0 aliphatic heterocycles. The van der Waals surface area contributed by atoms with Crippen molar-refractivity contribution in [2.24, 2.45) is 0 Å². The third-order valence-corrected chi connectivity index (χ3v) is 3.85. The summed E-state index contributed by atoms with van der Waals surface area (Å²) in [7, 11) is 1.58. The Morgan fingerprint density at radius 1 is 1.21 bits per heavy atom. The molecular formula is C17H14BrN3O3. The Morgan fingerprint density at radius 3 is 2.71 bits per heavy atom. The number of para-hydroxylation sites is 1. The molecule has 1 aromatic heterocycles. The molecule has 0 spiro atoms. The van der Waals surface area contributed by atoms with Crippen molar-refractivity contribution in [3.05, 3.63) is 64.5 Å². The predicted octanol–water partition coefficient (Wildman–Crippen LogP) is 3.44. The third kappa shape index (κ3) is 3.62. The van der Waals surface area contributed by atoms with E-state index in [1.54, 1.807) is 31.4 Å². The van der Waals surface area contributed by atoms with E-state index in [9.17, 15) is 4.79 Å². The quantitative estimate of drug-likeness (QED) is 0.725. The second-order valence-corrected chi connectivity index (χ2v) is 5.82. The highest BCUT2D eigenvalue weighted by Crippen LogP contribution is 2.26. The summed E-state index contributed by atoms with van der Waals surface area (Å²) < 4.78 is 11.4. The Bertz CT molecular complexity index is 846. The number of hydrogen-bond acceptors (Lipinski definition) is 5. The van der Waals surface area contributed by atoms with Gasteiger partial charge in [0, 0.05) is 10.0 Å². The van der Waals surface area contributed by atoms with Crippen LogP contribution >= 0.6 is 15.9 Å². The van der Waals surface area contributed by atoms with Crippen LogP contribution in [0.3, 0.4) is 0 Å². The van der Waals surface area contributed by atoms with Gasteiger partial charge in [-0.2, -0.15) is 4.98 Å². The van der Waals surface area contributed by atoms with Gasteiger partial charge in [-0.15, -0.1) is 0 Å². The summed E-state index contributed by atoms with van der Waals surface area (Å²) in [6.07, 6.45) is 0. The van der Waals surface area contributed by atoms with Gasteiger partial charge in [0.05, 0.1) is 19.2 Å². The Labute approximate surface area is 147 Å². The highest BCUT2D eigenvalue weighted by molar-refractivity contribution is 9.10. The van der Waals surface area contributed by atoms with Crippen molar-refractivity contribution in [2.45, 2.75) is 6.54 Å². The molecule has 6 nitrogen and oxygen atoms in total. The van der Waals surface area contributed by atoms with Crippen LogP contribution in [0.2, 0.25) is 0 Å². The minimum absolute atomic E-state index is 0.150. The molecule has 0 unspecified atom stereocenters. The van der Waals surface area contributed by atoms with Gasteiger partial charge in [-0.25, -0.2) is 0 Å². The molecule has 3 rings (SSSR count). The van der Waals surface area contributed by atoms with E-state index < -0.39 is 0 Å². The zero-order chi connectivity index (χ0) is 16.9. The second-order valence-electron chi connectivity index (χ2n) is 4.90. The van der Waals surface area contributed by atoms with Crippen molar-refractivity contribution in [1.82, 2.24) is 15.5 Å². The van der Waals surface area contributed by atoms with Crippen LogP contribution in [0.4, 0.5) is 0 Å². The smallest absolute Gasteiger partial charge is 0.251 e. The first kappa shape index (κ1) is 16.2. The van der Waals surface area contributed by atoms with Gasteiger partial charge in [-0.1, -0.05) is 33.2 Å². The molecule has 0 fully saturated rings. The second kappa shape index (κ2) is 7.27. The normalized spacial score (nSPS) is 10.4. The number of nitrogens with zero attached hydrogens (tertiary/aromatic N) is 2. The third-order valence-electron chi connectivity index (χ3n) is 3.32. The summed E-state index contributed by atoms with van der Waals surface area (Å²) in [5.74, 6) is 1.19. The number of amides is 1. The fourth-order valence-electron chi connectivity index (χ4n) is 2.12. The largest absolute Gasteiger partial charge is 0.496 e. The van der Waals surface area contributed by atoms with E-state index in [4.69, 9.17) is 9.26 Å². The molecule has 3 aromatic rings. The number of carbonyl (C=O) groups is 1. The molecule has 0 bridgehead atoms. The molecule has 2 aromatic carbocycles. The Kier molecular flexibility index (Phi) is 4.90.